The monoisotopic (exact) mass is 506 g/mol. The van der Waals surface area contributed by atoms with E-state index in [0.29, 0.717) is 17.1 Å². The van der Waals surface area contributed by atoms with E-state index >= 15 is 0 Å². The fourth-order valence-corrected chi connectivity index (χ4v) is 4.18. The predicted molar refractivity (Wildman–Crippen MR) is 141 cm³/mol. The number of carbonyl (C=O) groups is 2. The molecule has 0 atom stereocenters. The Labute approximate surface area is 217 Å². The SMILES string of the molecule is COc1cc(/C=N/NC(=O)COc2ccc(C(C)(C)CC(C)(C)C)cc2)ccc1OC(=O)c1ccco1. The average molecular weight is 507 g/mol. The Morgan fingerprint density at radius 3 is 2.35 bits per heavy atom. The van der Waals surface area contributed by atoms with E-state index in [1.165, 1.54) is 31.2 Å². The molecule has 1 N–H and O–H groups in total. The van der Waals surface area contributed by atoms with Crippen LogP contribution in [0.4, 0.5) is 0 Å². The fourth-order valence-electron chi connectivity index (χ4n) is 4.18. The molecule has 0 aliphatic carbocycles. The summed E-state index contributed by atoms with van der Waals surface area (Å²) in [5.74, 6) is 0.209. The van der Waals surface area contributed by atoms with Gasteiger partial charge in [-0.15, -0.1) is 0 Å². The maximum absolute atomic E-state index is 12.2. The van der Waals surface area contributed by atoms with Crippen LogP contribution in [0.25, 0.3) is 0 Å². The van der Waals surface area contributed by atoms with Gasteiger partial charge in [-0.25, -0.2) is 10.2 Å². The van der Waals surface area contributed by atoms with Crippen LogP contribution in [0.2, 0.25) is 0 Å². The fraction of sp³-hybridized carbons (Fsp3) is 0.345. The Morgan fingerprint density at radius 2 is 1.73 bits per heavy atom. The van der Waals surface area contributed by atoms with E-state index in [1.54, 1.807) is 24.3 Å². The standard InChI is InChI=1S/C29H34N2O6/c1-28(2,3)19-29(4,5)21-10-12-22(13-11-21)36-18-26(32)31-30-17-20-9-14-23(25(16-20)34-6)37-27(33)24-8-7-15-35-24/h7-17H,18-19H2,1-6H3,(H,31,32)/b30-17+. The minimum Gasteiger partial charge on any atom is -0.493 e. The third kappa shape index (κ3) is 8.24. The Balaban J connectivity index is 1.50. The molecule has 0 aliphatic rings. The molecule has 0 fully saturated rings. The molecule has 37 heavy (non-hydrogen) atoms. The topological polar surface area (TPSA) is 99.4 Å². The van der Waals surface area contributed by atoms with Crippen LogP contribution in [0.15, 0.2) is 70.4 Å². The molecule has 1 aromatic heterocycles. The zero-order valence-electron chi connectivity index (χ0n) is 22.2. The number of ether oxygens (including phenoxy) is 3. The Morgan fingerprint density at radius 1 is 1.00 bits per heavy atom. The number of hydrogen-bond donors (Lipinski definition) is 1. The maximum Gasteiger partial charge on any atom is 0.379 e. The van der Waals surface area contributed by atoms with Crippen LogP contribution in [-0.2, 0) is 10.2 Å². The van der Waals surface area contributed by atoms with Gasteiger partial charge in [0, 0.05) is 0 Å². The molecular formula is C29H34N2O6. The van der Waals surface area contributed by atoms with Crippen molar-refractivity contribution in [3.05, 3.63) is 77.7 Å². The van der Waals surface area contributed by atoms with Crippen molar-refractivity contribution in [2.75, 3.05) is 13.7 Å². The molecule has 0 unspecified atom stereocenters. The number of rotatable bonds is 10. The summed E-state index contributed by atoms with van der Waals surface area (Å²) < 4.78 is 21.2. The molecule has 0 saturated heterocycles. The van der Waals surface area contributed by atoms with Crippen LogP contribution in [0, 0.1) is 5.41 Å². The lowest BCUT2D eigenvalue weighted by molar-refractivity contribution is -0.123. The van der Waals surface area contributed by atoms with E-state index in [0.717, 1.165) is 6.42 Å². The van der Waals surface area contributed by atoms with E-state index < -0.39 is 11.9 Å². The second-order valence-electron chi connectivity index (χ2n) is 10.5. The van der Waals surface area contributed by atoms with Gasteiger partial charge in [-0.2, -0.15) is 5.10 Å². The quantitative estimate of drug-likeness (QED) is 0.163. The molecular weight excluding hydrogens is 472 g/mol. The lowest BCUT2D eigenvalue weighted by atomic mass is 9.72. The van der Waals surface area contributed by atoms with Crippen molar-refractivity contribution in [1.82, 2.24) is 5.43 Å². The van der Waals surface area contributed by atoms with E-state index in [4.69, 9.17) is 18.6 Å². The van der Waals surface area contributed by atoms with Gasteiger partial charge < -0.3 is 18.6 Å². The molecule has 1 amide bonds. The Kier molecular flexibility index (Phi) is 8.76. The number of carbonyl (C=O) groups excluding carboxylic acids is 2. The predicted octanol–water partition coefficient (Wildman–Crippen LogP) is 5.75. The van der Waals surface area contributed by atoms with Crippen LogP contribution in [0.3, 0.4) is 0 Å². The minimum atomic E-state index is -0.639. The molecule has 0 saturated carbocycles. The summed E-state index contributed by atoms with van der Waals surface area (Å²) in [7, 11) is 1.46. The van der Waals surface area contributed by atoms with Crippen LogP contribution >= 0.6 is 0 Å². The molecule has 3 aromatic rings. The molecule has 8 nitrogen and oxygen atoms in total. The van der Waals surface area contributed by atoms with Crippen molar-refractivity contribution in [3.63, 3.8) is 0 Å². The minimum absolute atomic E-state index is 0.0326. The highest BCUT2D eigenvalue weighted by atomic mass is 16.6. The summed E-state index contributed by atoms with van der Waals surface area (Å²) in [6.07, 6.45) is 3.88. The van der Waals surface area contributed by atoms with Gasteiger partial charge in [-0.05, 0) is 70.8 Å². The van der Waals surface area contributed by atoms with Crippen LogP contribution < -0.4 is 19.6 Å². The van der Waals surface area contributed by atoms with Gasteiger partial charge in [-0.3, -0.25) is 4.79 Å². The Hall–Kier alpha value is -4.07. The number of nitrogens with one attached hydrogen (secondary N) is 1. The van der Waals surface area contributed by atoms with Crippen molar-refractivity contribution in [2.45, 2.75) is 46.5 Å². The first kappa shape index (κ1) is 27.5. The number of hydrogen-bond acceptors (Lipinski definition) is 7. The van der Waals surface area contributed by atoms with Crippen LogP contribution in [0.5, 0.6) is 17.2 Å². The lowest BCUT2D eigenvalue weighted by Gasteiger charge is -2.33. The van der Waals surface area contributed by atoms with Crippen molar-refractivity contribution in [3.8, 4) is 17.2 Å². The summed E-state index contributed by atoms with van der Waals surface area (Å²) >= 11 is 0. The first-order chi connectivity index (χ1) is 17.5. The van der Waals surface area contributed by atoms with Gasteiger partial charge in [0.2, 0.25) is 5.76 Å². The summed E-state index contributed by atoms with van der Waals surface area (Å²) in [5.41, 5.74) is 4.54. The number of amides is 1. The van der Waals surface area contributed by atoms with E-state index in [2.05, 4.69) is 45.1 Å². The van der Waals surface area contributed by atoms with Crippen LogP contribution in [-0.4, -0.2) is 31.8 Å². The highest BCUT2D eigenvalue weighted by Gasteiger charge is 2.27. The second-order valence-corrected chi connectivity index (χ2v) is 10.5. The lowest BCUT2D eigenvalue weighted by Crippen LogP contribution is -2.25. The highest BCUT2D eigenvalue weighted by Crippen LogP contribution is 2.36. The summed E-state index contributed by atoms with van der Waals surface area (Å²) in [5, 5.41) is 3.96. The van der Waals surface area contributed by atoms with Gasteiger partial charge in [0.25, 0.3) is 5.91 Å². The van der Waals surface area contributed by atoms with E-state index in [9.17, 15) is 9.59 Å². The zero-order valence-corrected chi connectivity index (χ0v) is 22.2. The first-order valence-electron chi connectivity index (χ1n) is 12.0. The van der Waals surface area contributed by atoms with E-state index in [-0.39, 0.29) is 28.9 Å². The molecule has 196 valence electrons. The average Bonchev–Trinajstić information content (AvgIpc) is 3.37. The maximum atomic E-state index is 12.2. The zero-order chi connectivity index (χ0) is 27.1. The van der Waals surface area contributed by atoms with Crippen molar-refractivity contribution >= 4 is 18.1 Å². The van der Waals surface area contributed by atoms with Gasteiger partial charge in [-0.1, -0.05) is 46.8 Å². The smallest absolute Gasteiger partial charge is 0.379 e. The van der Waals surface area contributed by atoms with E-state index in [1.807, 2.05) is 24.3 Å². The number of methoxy groups -OCH3 is 1. The molecule has 0 aliphatic heterocycles. The van der Waals surface area contributed by atoms with Gasteiger partial charge in [0.15, 0.2) is 18.1 Å². The molecule has 0 bridgehead atoms. The van der Waals surface area contributed by atoms with Gasteiger partial charge in [0.05, 0.1) is 19.6 Å². The molecule has 0 radical (unpaired) electrons. The Bertz CT molecular complexity index is 1220. The van der Waals surface area contributed by atoms with Crippen molar-refractivity contribution in [1.29, 1.82) is 0 Å². The number of esters is 1. The van der Waals surface area contributed by atoms with Gasteiger partial charge >= 0.3 is 5.97 Å². The first-order valence-corrected chi connectivity index (χ1v) is 12.0. The number of nitrogens with zero attached hydrogens (tertiary/aromatic N) is 1. The van der Waals surface area contributed by atoms with Crippen molar-refractivity contribution in [2.24, 2.45) is 10.5 Å². The highest BCUT2D eigenvalue weighted by molar-refractivity contribution is 5.89. The molecule has 3 rings (SSSR count). The van der Waals surface area contributed by atoms with Gasteiger partial charge in [0.1, 0.15) is 5.75 Å². The molecule has 1 heterocycles. The molecule has 8 heteroatoms. The largest absolute Gasteiger partial charge is 0.493 e. The molecule has 0 spiro atoms. The third-order valence-corrected chi connectivity index (χ3v) is 5.49. The molecule has 2 aromatic carbocycles. The number of benzene rings is 2. The summed E-state index contributed by atoms with van der Waals surface area (Å²) in [6.45, 7) is 11.0. The normalized spacial score (nSPS) is 11.8. The summed E-state index contributed by atoms with van der Waals surface area (Å²) in [4.78, 5) is 24.3. The van der Waals surface area contributed by atoms with Crippen LogP contribution in [0.1, 0.15) is 62.7 Å². The third-order valence-electron chi connectivity index (χ3n) is 5.49. The van der Waals surface area contributed by atoms with Crippen molar-refractivity contribution < 1.29 is 28.2 Å². The summed E-state index contributed by atoms with van der Waals surface area (Å²) in [6, 6.07) is 15.8. The second kappa shape index (κ2) is 11.8. The number of furan rings is 1. The number of hydrazone groups is 1.